The van der Waals surface area contributed by atoms with Gasteiger partial charge in [0.15, 0.2) is 0 Å². The van der Waals surface area contributed by atoms with Crippen LogP contribution in [-0.2, 0) is 10.0 Å². The van der Waals surface area contributed by atoms with E-state index >= 15 is 0 Å². The molecule has 0 amide bonds. The van der Waals surface area contributed by atoms with Crippen molar-refractivity contribution in [2.75, 3.05) is 19.4 Å². The van der Waals surface area contributed by atoms with Crippen LogP contribution in [0.25, 0.3) is 0 Å². The Kier molecular flexibility index (Phi) is 4.51. The van der Waals surface area contributed by atoms with Crippen LogP contribution in [0.15, 0.2) is 17.0 Å². The van der Waals surface area contributed by atoms with Gasteiger partial charge in [0.05, 0.1) is 27.8 Å². The Morgan fingerprint density at radius 3 is 2.37 bits per heavy atom. The Hall–Kier alpha value is -0.820. The molecule has 0 saturated heterocycles. The summed E-state index contributed by atoms with van der Waals surface area (Å²) in [6.45, 7) is 4.67. The van der Waals surface area contributed by atoms with Crippen LogP contribution in [0.1, 0.15) is 19.4 Å². The fraction of sp³-hybridized carbons (Fsp3) is 0.500. The number of rotatable bonds is 4. The van der Waals surface area contributed by atoms with E-state index in [1.54, 1.807) is 20.8 Å². The Morgan fingerprint density at radius 1 is 1.42 bits per heavy atom. The van der Waals surface area contributed by atoms with E-state index < -0.39 is 15.6 Å². The van der Waals surface area contributed by atoms with E-state index in [1.807, 2.05) is 0 Å². The van der Waals surface area contributed by atoms with Crippen LogP contribution in [0.2, 0.25) is 5.02 Å². The van der Waals surface area contributed by atoms with Gasteiger partial charge in [-0.2, -0.15) is 4.31 Å². The van der Waals surface area contributed by atoms with Gasteiger partial charge in [-0.05, 0) is 38.5 Å². The first-order valence-electron chi connectivity index (χ1n) is 5.69. The van der Waals surface area contributed by atoms with Crippen LogP contribution in [0, 0.1) is 6.92 Å². The smallest absolute Gasteiger partial charge is 0.243 e. The quantitative estimate of drug-likeness (QED) is 0.828. The van der Waals surface area contributed by atoms with Crippen molar-refractivity contribution < 1.29 is 13.5 Å². The molecule has 0 bridgehead atoms. The van der Waals surface area contributed by atoms with Crippen LogP contribution in [-0.4, -0.2) is 37.0 Å². The van der Waals surface area contributed by atoms with E-state index in [1.165, 1.54) is 19.2 Å². The molecule has 0 aliphatic carbocycles. The van der Waals surface area contributed by atoms with Crippen molar-refractivity contribution in [3.8, 4) is 0 Å². The number of halogens is 1. The third kappa shape index (κ3) is 3.02. The Balaban J connectivity index is 3.37. The van der Waals surface area contributed by atoms with Crippen molar-refractivity contribution in [3.05, 3.63) is 22.7 Å². The molecule has 0 saturated carbocycles. The van der Waals surface area contributed by atoms with Gasteiger partial charge in [-0.25, -0.2) is 8.42 Å². The average Bonchev–Trinajstić information content (AvgIpc) is 2.34. The lowest BCUT2D eigenvalue weighted by Crippen LogP contribution is -2.47. The normalized spacial score (nSPS) is 13.0. The summed E-state index contributed by atoms with van der Waals surface area (Å²) in [5, 5.41) is 9.63. The molecule has 5 nitrogen and oxygen atoms in total. The highest BCUT2D eigenvalue weighted by Crippen LogP contribution is 2.30. The number of anilines is 1. The number of hydrogen-bond donors (Lipinski definition) is 2. The minimum atomic E-state index is -3.74. The number of likely N-dealkylation sites (N-methyl/N-ethyl adjacent to an activating group) is 1. The summed E-state index contributed by atoms with van der Waals surface area (Å²) in [6.07, 6.45) is 0. The lowest BCUT2D eigenvalue weighted by Gasteiger charge is -2.32. The number of aliphatic hydroxyl groups excluding tert-OH is 1. The summed E-state index contributed by atoms with van der Waals surface area (Å²) in [5.41, 5.74) is 5.60. The molecule has 1 rings (SSSR count). The summed E-state index contributed by atoms with van der Waals surface area (Å²) in [7, 11) is -2.31. The number of hydrogen-bond acceptors (Lipinski definition) is 4. The molecular formula is C12H19ClN2O3S. The van der Waals surface area contributed by atoms with Crippen LogP contribution in [0.3, 0.4) is 0 Å². The molecule has 0 radical (unpaired) electrons. The number of nitrogen functional groups attached to an aromatic ring is 1. The molecule has 3 N–H and O–H groups in total. The molecule has 0 aliphatic rings. The first-order valence-corrected chi connectivity index (χ1v) is 7.51. The molecule has 0 aromatic heterocycles. The van der Waals surface area contributed by atoms with Gasteiger partial charge in [-0.1, -0.05) is 11.6 Å². The summed E-state index contributed by atoms with van der Waals surface area (Å²) in [6, 6.07) is 2.80. The van der Waals surface area contributed by atoms with Gasteiger partial charge in [0.2, 0.25) is 10.0 Å². The summed E-state index contributed by atoms with van der Waals surface area (Å²) in [5.74, 6) is 0. The van der Waals surface area contributed by atoms with Crippen molar-refractivity contribution in [1.82, 2.24) is 4.31 Å². The SMILES string of the molecule is Cc1cc(S(=O)(=O)N(C)C(C)(C)CO)cc(N)c1Cl. The molecule has 0 heterocycles. The number of aryl methyl sites for hydroxylation is 1. The molecule has 0 spiro atoms. The van der Waals surface area contributed by atoms with Gasteiger partial charge < -0.3 is 10.8 Å². The molecule has 108 valence electrons. The zero-order chi connectivity index (χ0) is 15.0. The molecule has 0 fully saturated rings. The van der Waals surface area contributed by atoms with Crippen molar-refractivity contribution in [2.24, 2.45) is 0 Å². The Morgan fingerprint density at radius 2 is 1.95 bits per heavy atom. The van der Waals surface area contributed by atoms with Crippen LogP contribution in [0.5, 0.6) is 0 Å². The zero-order valence-electron chi connectivity index (χ0n) is 11.4. The number of nitrogens with two attached hydrogens (primary N) is 1. The lowest BCUT2D eigenvalue weighted by atomic mass is 10.1. The highest BCUT2D eigenvalue weighted by molar-refractivity contribution is 7.89. The highest BCUT2D eigenvalue weighted by atomic mass is 35.5. The summed E-state index contributed by atoms with van der Waals surface area (Å²) >= 11 is 5.92. The maximum absolute atomic E-state index is 12.5. The first kappa shape index (κ1) is 16.2. The monoisotopic (exact) mass is 306 g/mol. The second-order valence-corrected chi connectivity index (χ2v) is 7.43. The molecule has 0 unspecified atom stereocenters. The number of benzene rings is 1. The minimum Gasteiger partial charge on any atom is -0.397 e. The second-order valence-electron chi connectivity index (χ2n) is 5.09. The van der Waals surface area contributed by atoms with Crippen molar-refractivity contribution in [1.29, 1.82) is 0 Å². The molecule has 19 heavy (non-hydrogen) atoms. The topological polar surface area (TPSA) is 83.6 Å². The molecule has 7 heteroatoms. The number of nitrogens with zero attached hydrogens (tertiary/aromatic N) is 1. The molecule has 0 atom stereocenters. The number of sulfonamides is 1. The minimum absolute atomic E-state index is 0.0657. The highest BCUT2D eigenvalue weighted by Gasteiger charge is 2.33. The largest absolute Gasteiger partial charge is 0.397 e. The van der Waals surface area contributed by atoms with Gasteiger partial charge in [0, 0.05) is 7.05 Å². The Bertz CT molecular complexity index is 562. The van der Waals surface area contributed by atoms with Crippen molar-refractivity contribution in [2.45, 2.75) is 31.2 Å². The van der Waals surface area contributed by atoms with E-state index in [0.29, 0.717) is 10.6 Å². The van der Waals surface area contributed by atoms with Gasteiger partial charge >= 0.3 is 0 Å². The standard InChI is InChI=1S/C12H19ClN2O3S/c1-8-5-9(6-10(14)11(8)13)19(17,18)15(4)12(2,3)7-16/h5-6,16H,7,14H2,1-4H3. The van der Waals surface area contributed by atoms with Gasteiger partial charge in [0.25, 0.3) is 0 Å². The summed E-state index contributed by atoms with van der Waals surface area (Å²) < 4.78 is 26.1. The third-order valence-electron chi connectivity index (χ3n) is 3.15. The van der Waals surface area contributed by atoms with E-state index in [4.69, 9.17) is 17.3 Å². The van der Waals surface area contributed by atoms with E-state index in [9.17, 15) is 13.5 Å². The molecule has 0 aliphatic heterocycles. The average molecular weight is 307 g/mol. The lowest BCUT2D eigenvalue weighted by molar-refractivity contribution is 0.138. The van der Waals surface area contributed by atoms with Crippen molar-refractivity contribution in [3.63, 3.8) is 0 Å². The molecule has 1 aromatic carbocycles. The van der Waals surface area contributed by atoms with Gasteiger partial charge in [0.1, 0.15) is 0 Å². The fourth-order valence-corrected chi connectivity index (χ4v) is 3.23. The van der Waals surface area contributed by atoms with Gasteiger partial charge in [-0.3, -0.25) is 0 Å². The van der Waals surface area contributed by atoms with Crippen LogP contribution >= 0.6 is 11.6 Å². The van der Waals surface area contributed by atoms with Crippen LogP contribution in [0.4, 0.5) is 5.69 Å². The second kappa shape index (κ2) is 5.28. The summed E-state index contributed by atoms with van der Waals surface area (Å²) in [4.78, 5) is 0.0657. The maximum Gasteiger partial charge on any atom is 0.243 e. The third-order valence-corrected chi connectivity index (χ3v) is 5.72. The predicted molar refractivity (Wildman–Crippen MR) is 76.7 cm³/mol. The first-order chi connectivity index (χ1) is 8.54. The zero-order valence-corrected chi connectivity index (χ0v) is 13.0. The fourth-order valence-electron chi connectivity index (χ4n) is 1.49. The molecular weight excluding hydrogens is 288 g/mol. The van der Waals surface area contributed by atoms with Gasteiger partial charge in [-0.15, -0.1) is 0 Å². The van der Waals surface area contributed by atoms with Crippen LogP contribution < -0.4 is 5.73 Å². The Labute approximate surface area is 119 Å². The van der Waals surface area contributed by atoms with E-state index in [-0.39, 0.29) is 17.2 Å². The predicted octanol–water partition coefficient (Wildman–Crippen LogP) is 1.62. The van der Waals surface area contributed by atoms with E-state index in [2.05, 4.69) is 0 Å². The maximum atomic E-state index is 12.5. The van der Waals surface area contributed by atoms with Crippen molar-refractivity contribution >= 4 is 27.3 Å². The van der Waals surface area contributed by atoms with E-state index in [0.717, 1.165) is 4.31 Å². The number of aliphatic hydroxyl groups is 1. The molecule has 1 aromatic rings.